The molecule has 5 heteroatoms. The smallest absolute Gasteiger partial charge is 0.317 e. The summed E-state index contributed by atoms with van der Waals surface area (Å²) in [6.07, 6.45) is 2.11. The van der Waals surface area contributed by atoms with Gasteiger partial charge in [0, 0.05) is 19.6 Å². The molecule has 14 heavy (non-hydrogen) atoms. The number of hydrogen-bond acceptors (Lipinski definition) is 2. The molecule has 1 rings (SSSR count). The Balaban J connectivity index is 2.23. The Morgan fingerprint density at radius 2 is 2.14 bits per heavy atom. The van der Waals surface area contributed by atoms with Gasteiger partial charge in [0.05, 0.1) is 5.92 Å². The largest absolute Gasteiger partial charge is 0.481 e. The van der Waals surface area contributed by atoms with Gasteiger partial charge < -0.3 is 15.3 Å². The molecular weight excluding hydrogens is 184 g/mol. The van der Waals surface area contributed by atoms with E-state index in [1.165, 1.54) is 0 Å². The molecule has 1 atom stereocenters. The maximum atomic E-state index is 11.4. The minimum atomic E-state index is -0.889. The molecule has 0 spiro atoms. The predicted molar refractivity (Wildman–Crippen MR) is 51.0 cm³/mol. The number of nitrogens with one attached hydrogen (secondary N) is 1. The molecule has 0 aromatic carbocycles. The van der Waals surface area contributed by atoms with Crippen molar-refractivity contribution in [1.29, 1.82) is 0 Å². The van der Waals surface area contributed by atoms with Crippen molar-refractivity contribution in [1.82, 2.24) is 10.2 Å². The number of rotatable bonds is 4. The molecular formula is C9H16N2O3. The third-order valence-corrected chi connectivity index (χ3v) is 2.40. The van der Waals surface area contributed by atoms with Crippen molar-refractivity contribution in [2.75, 3.05) is 13.6 Å². The molecule has 1 aliphatic carbocycles. The summed E-state index contributed by atoms with van der Waals surface area (Å²) < 4.78 is 0. The number of carbonyl (C=O) groups excluding carboxylic acids is 1. The Bertz CT molecular complexity index is 238. The molecule has 0 aromatic heterocycles. The van der Waals surface area contributed by atoms with Gasteiger partial charge in [-0.3, -0.25) is 4.79 Å². The SMILES string of the molecule is CC(CNC(=O)N(C)C1CC1)C(=O)O. The van der Waals surface area contributed by atoms with E-state index < -0.39 is 11.9 Å². The van der Waals surface area contributed by atoms with Crippen LogP contribution in [-0.2, 0) is 4.79 Å². The minimum Gasteiger partial charge on any atom is -0.481 e. The third-order valence-electron chi connectivity index (χ3n) is 2.40. The van der Waals surface area contributed by atoms with Gasteiger partial charge in [-0.1, -0.05) is 6.92 Å². The molecule has 5 nitrogen and oxygen atoms in total. The van der Waals surface area contributed by atoms with Crippen LogP contribution in [0, 0.1) is 5.92 Å². The predicted octanol–water partition coefficient (Wildman–Crippen LogP) is 0.511. The molecule has 0 aromatic rings. The summed E-state index contributed by atoms with van der Waals surface area (Å²) >= 11 is 0. The van der Waals surface area contributed by atoms with Gasteiger partial charge in [-0.15, -0.1) is 0 Å². The summed E-state index contributed by atoms with van der Waals surface area (Å²) in [7, 11) is 1.73. The molecule has 2 N–H and O–H groups in total. The fourth-order valence-electron chi connectivity index (χ4n) is 1.08. The highest BCUT2D eigenvalue weighted by atomic mass is 16.4. The van der Waals surface area contributed by atoms with Crippen LogP contribution in [-0.4, -0.2) is 41.6 Å². The van der Waals surface area contributed by atoms with Crippen molar-refractivity contribution in [2.24, 2.45) is 5.92 Å². The van der Waals surface area contributed by atoms with Gasteiger partial charge in [0.15, 0.2) is 0 Å². The van der Waals surface area contributed by atoms with Crippen LogP contribution in [0.25, 0.3) is 0 Å². The Morgan fingerprint density at radius 3 is 2.57 bits per heavy atom. The molecule has 2 amide bonds. The average molecular weight is 200 g/mol. The number of nitrogens with zero attached hydrogens (tertiary/aromatic N) is 1. The molecule has 0 aliphatic heterocycles. The number of hydrogen-bond donors (Lipinski definition) is 2. The van der Waals surface area contributed by atoms with Crippen molar-refractivity contribution in [2.45, 2.75) is 25.8 Å². The molecule has 0 saturated heterocycles. The monoisotopic (exact) mass is 200 g/mol. The second-order valence-corrected chi connectivity index (χ2v) is 3.77. The molecule has 0 heterocycles. The highest BCUT2D eigenvalue weighted by Crippen LogP contribution is 2.25. The van der Waals surface area contributed by atoms with Gasteiger partial charge in [-0.25, -0.2) is 4.79 Å². The van der Waals surface area contributed by atoms with Crippen molar-refractivity contribution in [3.63, 3.8) is 0 Å². The summed E-state index contributed by atoms with van der Waals surface area (Å²) in [6.45, 7) is 1.75. The Labute approximate surface area is 83.1 Å². The second kappa shape index (κ2) is 4.30. The lowest BCUT2D eigenvalue weighted by Crippen LogP contribution is -2.41. The molecule has 1 unspecified atom stereocenters. The highest BCUT2D eigenvalue weighted by molar-refractivity contribution is 5.76. The summed E-state index contributed by atoms with van der Waals surface area (Å²) in [5.41, 5.74) is 0. The third kappa shape index (κ3) is 2.90. The summed E-state index contributed by atoms with van der Waals surface area (Å²) in [5, 5.41) is 11.2. The lowest BCUT2D eigenvalue weighted by Gasteiger charge is -2.17. The van der Waals surface area contributed by atoms with Crippen LogP contribution < -0.4 is 5.32 Å². The van der Waals surface area contributed by atoms with Crippen LogP contribution in [0.4, 0.5) is 4.79 Å². The van der Waals surface area contributed by atoms with Crippen molar-refractivity contribution < 1.29 is 14.7 Å². The lowest BCUT2D eigenvalue weighted by molar-refractivity contribution is -0.140. The Morgan fingerprint density at radius 1 is 1.57 bits per heavy atom. The van der Waals surface area contributed by atoms with Gasteiger partial charge in [0.2, 0.25) is 0 Å². The number of carboxylic acids is 1. The number of carbonyl (C=O) groups is 2. The van der Waals surface area contributed by atoms with Gasteiger partial charge >= 0.3 is 12.0 Å². The van der Waals surface area contributed by atoms with Crippen LogP contribution in [0.15, 0.2) is 0 Å². The van der Waals surface area contributed by atoms with Crippen LogP contribution >= 0.6 is 0 Å². The molecule has 1 saturated carbocycles. The highest BCUT2D eigenvalue weighted by Gasteiger charge is 2.29. The maximum absolute atomic E-state index is 11.4. The van der Waals surface area contributed by atoms with Gasteiger partial charge in [0.1, 0.15) is 0 Å². The molecule has 1 fully saturated rings. The molecule has 80 valence electrons. The van der Waals surface area contributed by atoms with Crippen molar-refractivity contribution in [3.8, 4) is 0 Å². The van der Waals surface area contributed by atoms with Crippen LogP contribution in [0.3, 0.4) is 0 Å². The van der Waals surface area contributed by atoms with Gasteiger partial charge in [-0.05, 0) is 12.8 Å². The number of urea groups is 1. The molecule has 0 radical (unpaired) electrons. The first-order valence-electron chi connectivity index (χ1n) is 4.76. The first-order valence-corrected chi connectivity index (χ1v) is 4.76. The quantitative estimate of drug-likeness (QED) is 0.694. The zero-order chi connectivity index (χ0) is 10.7. The van der Waals surface area contributed by atoms with E-state index in [4.69, 9.17) is 5.11 Å². The topological polar surface area (TPSA) is 69.6 Å². The van der Waals surface area contributed by atoms with Crippen molar-refractivity contribution >= 4 is 12.0 Å². The van der Waals surface area contributed by atoms with E-state index in [0.717, 1.165) is 12.8 Å². The fraction of sp³-hybridized carbons (Fsp3) is 0.778. The molecule has 1 aliphatic rings. The van der Waals surface area contributed by atoms with Crippen LogP contribution in [0.1, 0.15) is 19.8 Å². The van der Waals surface area contributed by atoms with E-state index in [1.54, 1.807) is 18.9 Å². The number of amides is 2. The first kappa shape index (κ1) is 10.8. The van der Waals surface area contributed by atoms with Gasteiger partial charge in [-0.2, -0.15) is 0 Å². The summed E-state index contributed by atoms with van der Waals surface area (Å²) in [5.74, 6) is -1.43. The zero-order valence-corrected chi connectivity index (χ0v) is 8.49. The normalized spacial score (nSPS) is 17.3. The van der Waals surface area contributed by atoms with E-state index in [9.17, 15) is 9.59 Å². The van der Waals surface area contributed by atoms with Crippen LogP contribution in [0.2, 0.25) is 0 Å². The first-order chi connectivity index (χ1) is 6.52. The standard InChI is InChI=1S/C9H16N2O3/c1-6(8(12)13)5-10-9(14)11(2)7-3-4-7/h6-7H,3-5H2,1-2H3,(H,10,14)(H,12,13). The number of carboxylic acid groups (broad SMARTS) is 1. The molecule has 0 bridgehead atoms. The maximum Gasteiger partial charge on any atom is 0.317 e. The fourth-order valence-corrected chi connectivity index (χ4v) is 1.08. The summed E-state index contributed by atoms with van der Waals surface area (Å²) in [4.78, 5) is 23.5. The van der Waals surface area contributed by atoms with E-state index >= 15 is 0 Å². The van der Waals surface area contributed by atoms with Crippen molar-refractivity contribution in [3.05, 3.63) is 0 Å². The minimum absolute atomic E-state index is 0.180. The zero-order valence-electron chi connectivity index (χ0n) is 8.49. The van der Waals surface area contributed by atoms with Crippen LogP contribution in [0.5, 0.6) is 0 Å². The Hall–Kier alpha value is -1.26. The average Bonchev–Trinajstić information content (AvgIpc) is 2.95. The van der Waals surface area contributed by atoms with Gasteiger partial charge in [0.25, 0.3) is 0 Å². The lowest BCUT2D eigenvalue weighted by atomic mass is 10.2. The van der Waals surface area contributed by atoms with E-state index in [1.807, 2.05) is 0 Å². The second-order valence-electron chi connectivity index (χ2n) is 3.77. The van der Waals surface area contributed by atoms with E-state index in [0.29, 0.717) is 6.04 Å². The Kier molecular flexibility index (Phi) is 3.33. The van der Waals surface area contributed by atoms with E-state index in [-0.39, 0.29) is 12.6 Å². The number of aliphatic carboxylic acids is 1. The van der Waals surface area contributed by atoms with E-state index in [2.05, 4.69) is 5.32 Å². The summed E-state index contributed by atoms with van der Waals surface area (Å²) in [6, 6.07) is 0.177.